The third kappa shape index (κ3) is 4.26. The summed E-state index contributed by atoms with van der Waals surface area (Å²) in [4.78, 5) is 4.12. The Kier molecular flexibility index (Phi) is 4.15. The Morgan fingerprint density at radius 1 is 1.19 bits per heavy atom. The van der Waals surface area contributed by atoms with Crippen LogP contribution >= 0.6 is 0 Å². The number of nitrogens with zero attached hydrogens (tertiary/aromatic N) is 1. The number of benzene rings is 1. The van der Waals surface area contributed by atoms with Gasteiger partial charge in [0.05, 0.1) is 0 Å². The highest BCUT2D eigenvalue weighted by atomic mass is 19.1. The lowest BCUT2D eigenvalue weighted by Gasteiger charge is -2.09. The molecular formula is C17H19FN2O. The molecule has 0 bridgehead atoms. The molecule has 4 heteroatoms. The summed E-state index contributed by atoms with van der Waals surface area (Å²) < 4.78 is 19.3. The van der Waals surface area contributed by atoms with Crippen LogP contribution in [-0.2, 0) is 13.2 Å². The quantitative estimate of drug-likeness (QED) is 0.884. The van der Waals surface area contributed by atoms with Crippen LogP contribution in [0.2, 0.25) is 0 Å². The predicted molar refractivity (Wildman–Crippen MR) is 79.6 cm³/mol. The standard InChI is InChI=1S/C17H19FN2O/c1-12-4-14(9-19-8-12)11-21-17-6-13(5-15(18)7-17)10-20-16-2-3-16/h4-9,16,20H,2-3,10-11H2,1H3. The molecule has 0 atom stereocenters. The fourth-order valence-electron chi connectivity index (χ4n) is 2.22. The van der Waals surface area contributed by atoms with Crippen molar-refractivity contribution in [1.82, 2.24) is 10.3 Å². The minimum atomic E-state index is -0.262. The monoisotopic (exact) mass is 286 g/mol. The Morgan fingerprint density at radius 3 is 2.81 bits per heavy atom. The topological polar surface area (TPSA) is 34.1 Å². The van der Waals surface area contributed by atoms with Gasteiger partial charge in [-0.05, 0) is 49.1 Å². The number of aromatic nitrogens is 1. The van der Waals surface area contributed by atoms with Crippen LogP contribution in [0.25, 0.3) is 0 Å². The van der Waals surface area contributed by atoms with Gasteiger partial charge in [-0.2, -0.15) is 0 Å². The van der Waals surface area contributed by atoms with E-state index in [1.165, 1.54) is 18.9 Å². The van der Waals surface area contributed by atoms with E-state index in [9.17, 15) is 4.39 Å². The molecule has 1 aliphatic carbocycles. The van der Waals surface area contributed by atoms with Gasteiger partial charge < -0.3 is 10.1 Å². The Morgan fingerprint density at radius 2 is 2.05 bits per heavy atom. The van der Waals surface area contributed by atoms with Gasteiger partial charge >= 0.3 is 0 Å². The van der Waals surface area contributed by atoms with Crippen LogP contribution in [0.3, 0.4) is 0 Å². The number of nitrogens with one attached hydrogen (secondary N) is 1. The molecule has 0 radical (unpaired) electrons. The molecule has 1 aromatic carbocycles. The molecule has 0 saturated heterocycles. The maximum atomic E-state index is 13.6. The van der Waals surface area contributed by atoms with Crippen molar-refractivity contribution < 1.29 is 9.13 Å². The van der Waals surface area contributed by atoms with Crippen molar-refractivity contribution in [1.29, 1.82) is 0 Å². The number of aryl methyl sites for hydroxylation is 1. The van der Waals surface area contributed by atoms with Crippen molar-refractivity contribution in [2.45, 2.75) is 39.0 Å². The first-order valence-corrected chi connectivity index (χ1v) is 7.25. The minimum absolute atomic E-state index is 0.262. The second-order valence-electron chi connectivity index (χ2n) is 5.61. The van der Waals surface area contributed by atoms with Crippen LogP contribution in [-0.4, -0.2) is 11.0 Å². The van der Waals surface area contributed by atoms with Crippen LogP contribution < -0.4 is 10.1 Å². The molecule has 110 valence electrons. The van der Waals surface area contributed by atoms with Crippen LogP contribution in [0.5, 0.6) is 5.75 Å². The fourth-order valence-corrected chi connectivity index (χ4v) is 2.22. The molecule has 1 fully saturated rings. The summed E-state index contributed by atoms with van der Waals surface area (Å²) in [6.45, 7) is 3.07. The lowest BCUT2D eigenvalue weighted by Crippen LogP contribution is -2.15. The number of hydrogen-bond acceptors (Lipinski definition) is 3. The van der Waals surface area contributed by atoms with E-state index in [1.807, 2.05) is 19.1 Å². The molecule has 1 aromatic heterocycles. The van der Waals surface area contributed by atoms with E-state index >= 15 is 0 Å². The van der Waals surface area contributed by atoms with Crippen molar-refractivity contribution in [2.75, 3.05) is 0 Å². The molecule has 3 rings (SSSR count). The summed E-state index contributed by atoms with van der Waals surface area (Å²) in [6.07, 6.45) is 6.01. The van der Waals surface area contributed by atoms with Crippen molar-refractivity contribution in [3.8, 4) is 5.75 Å². The van der Waals surface area contributed by atoms with E-state index in [1.54, 1.807) is 18.5 Å². The second kappa shape index (κ2) is 6.22. The number of hydrogen-bond donors (Lipinski definition) is 1. The molecule has 1 aliphatic rings. The van der Waals surface area contributed by atoms with Gasteiger partial charge in [0.25, 0.3) is 0 Å². The normalized spacial score (nSPS) is 14.2. The third-order valence-electron chi connectivity index (χ3n) is 3.44. The van der Waals surface area contributed by atoms with E-state index in [0.717, 1.165) is 16.7 Å². The summed E-state index contributed by atoms with van der Waals surface area (Å²) >= 11 is 0. The summed E-state index contributed by atoms with van der Waals surface area (Å²) in [7, 11) is 0. The van der Waals surface area contributed by atoms with Gasteiger partial charge in [-0.3, -0.25) is 4.98 Å². The van der Waals surface area contributed by atoms with Crippen molar-refractivity contribution in [2.24, 2.45) is 0 Å². The highest BCUT2D eigenvalue weighted by Crippen LogP contribution is 2.21. The first-order chi connectivity index (χ1) is 10.2. The Balaban J connectivity index is 1.63. The molecule has 0 amide bonds. The number of pyridine rings is 1. The first kappa shape index (κ1) is 14.0. The SMILES string of the molecule is Cc1cncc(COc2cc(F)cc(CNC3CC3)c2)c1. The molecule has 1 heterocycles. The second-order valence-corrected chi connectivity index (χ2v) is 5.61. The fraction of sp³-hybridized carbons (Fsp3) is 0.353. The molecule has 1 saturated carbocycles. The van der Waals surface area contributed by atoms with Gasteiger partial charge in [0.2, 0.25) is 0 Å². The van der Waals surface area contributed by atoms with Gasteiger partial charge in [0.15, 0.2) is 0 Å². The van der Waals surface area contributed by atoms with Gasteiger partial charge in [0, 0.05) is 36.6 Å². The zero-order valence-corrected chi connectivity index (χ0v) is 12.1. The van der Waals surface area contributed by atoms with E-state index in [4.69, 9.17) is 4.74 Å². The zero-order valence-electron chi connectivity index (χ0n) is 12.1. The largest absolute Gasteiger partial charge is 0.489 e. The van der Waals surface area contributed by atoms with Crippen molar-refractivity contribution in [3.63, 3.8) is 0 Å². The Hall–Kier alpha value is -1.94. The van der Waals surface area contributed by atoms with Gasteiger partial charge in [0.1, 0.15) is 18.2 Å². The Labute approximate surface area is 124 Å². The molecule has 0 spiro atoms. The van der Waals surface area contributed by atoms with Gasteiger partial charge in [-0.25, -0.2) is 4.39 Å². The smallest absolute Gasteiger partial charge is 0.127 e. The molecule has 2 aromatic rings. The van der Waals surface area contributed by atoms with Crippen LogP contribution in [0, 0.1) is 12.7 Å². The van der Waals surface area contributed by atoms with Gasteiger partial charge in [-0.1, -0.05) is 0 Å². The van der Waals surface area contributed by atoms with Gasteiger partial charge in [-0.15, -0.1) is 0 Å². The summed E-state index contributed by atoms with van der Waals surface area (Å²) in [5.41, 5.74) is 2.99. The van der Waals surface area contributed by atoms with E-state index in [0.29, 0.717) is 24.9 Å². The molecule has 0 aliphatic heterocycles. The van der Waals surface area contributed by atoms with Crippen LogP contribution in [0.4, 0.5) is 4.39 Å². The predicted octanol–water partition coefficient (Wildman–Crippen LogP) is 3.36. The molecule has 21 heavy (non-hydrogen) atoms. The summed E-state index contributed by atoms with van der Waals surface area (Å²) in [5, 5.41) is 3.38. The third-order valence-corrected chi connectivity index (χ3v) is 3.44. The molecule has 0 unspecified atom stereocenters. The van der Waals surface area contributed by atoms with Crippen molar-refractivity contribution in [3.05, 3.63) is 59.2 Å². The molecular weight excluding hydrogens is 267 g/mol. The highest BCUT2D eigenvalue weighted by Gasteiger charge is 2.20. The van der Waals surface area contributed by atoms with Crippen LogP contribution in [0.1, 0.15) is 29.5 Å². The lowest BCUT2D eigenvalue weighted by molar-refractivity contribution is 0.303. The maximum absolute atomic E-state index is 13.6. The summed E-state index contributed by atoms with van der Waals surface area (Å²) in [5.74, 6) is 0.298. The highest BCUT2D eigenvalue weighted by molar-refractivity contribution is 5.30. The van der Waals surface area contributed by atoms with E-state index in [2.05, 4.69) is 10.3 Å². The van der Waals surface area contributed by atoms with E-state index < -0.39 is 0 Å². The summed E-state index contributed by atoms with van der Waals surface area (Å²) in [6, 6.07) is 7.49. The average Bonchev–Trinajstić information content (AvgIpc) is 3.27. The Bertz CT molecular complexity index is 626. The lowest BCUT2D eigenvalue weighted by atomic mass is 10.2. The first-order valence-electron chi connectivity index (χ1n) is 7.25. The maximum Gasteiger partial charge on any atom is 0.127 e. The molecule has 1 N–H and O–H groups in total. The average molecular weight is 286 g/mol. The number of rotatable bonds is 6. The van der Waals surface area contributed by atoms with E-state index in [-0.39, 0.29) is 5.82 Å². The van der Waals surface area contributed by atoms with Crippen LogP contribution in [0.15, 0.2) is 36.7 Å². The number of halogens is 1. The zero-order chi connectivity index (χ0) is 14.7. The molecule has 3 nitrogen and oxygen atoms in total. The number of ether oxygens (including phenoxy) is 1. The minimum Gasteiger partial charge on any atom is -0.489 e. The van der Waals surface area contributed by atoms with Crippen molar-refractivity contribution >= 4 is 0 Å².